The van der Waals surface area contributed by atoms with Gasteiger partial charge in [-0.15, -0.1) is 0 Å². The Bertz CT molecular complexity index is 477. The van der Waals surface area contributed by atoms with E-state index < -0.39 is 11.6 Å². The molecular weight excluding hydrogens is 192 g/mol. The minimum absolute atomic E-state index is 0.0388. The van der Waals surface area contributed by atoms with Gasteiger partial charge in [0.25, 0.3) is 0 Å². The topological polar surface area (TPSA) is 63.4 Å². The summed E-state index contributed by atoms with van der Waals surface area (Å²) in [7, 11) is 0. The molecule has 2 N–H and O–H groups in total. The van der Waals surface area contributed by atoms with Crippen LogP contribution in [0.3, 0.4) is 0 Å². The summed E-state index contributed by atoms with van der Waals surface area (Å²) in [5, 5.41) is 0. The van der Waals surface area contributed by atoms with Crippen molar-refractivity contribution in [3.63, 3.8) is 0 Å². The van der Waals surface area contributed by atoms with Gasteiger partial charge in [0.2, 0.25) is 0 Å². The third-order valence-corrected chi connectivity index (χ3v) is 3.18. The van der Waals surface area contributed by atoms with E-state index in [0.717, 1.165) is 12.8 Å². The minimum atomic E-state index is -0.629. The molecule has 1 aliphatic carbocycles. The fourth-order valence-corrected chi connectivity index (χ4v) is 2.34. The number of hydrogen-bond acceptors (Lipinski definition) is 2. The smallest absolute Gasteiger partial charge is 0.320 e. The Morgan fingerprint density at radius 3 is 2.60 bits per heavy atom. The van der Waals surface area contributed by atoms with Crippen LogP contribution in [0.2, 0.25) is 0 Å². The summed E-state index contributed by atoms with van der Waals surface area (Å²) >= 11 is 0. The quantitative estimate of drug-likeness (QED) is 0.689. The fraction of sp³-hybridized carbons (Fsp3) is 0.273. The van der Waals surface area contributed by atoms with E-state index in [9.17, 15) is 9.59 Å². The number of primary amides is 1. The number of Topliss-reactive ketones (excluding diaryl/α,β-unsaturated/α-hetero) is 1. The Morgan fingerprint density at radius 1 is 1.33 bits per heavy atom. The predicted molar refractivity (Wildman–Crippen MR) is 54.8 cm³/mol. The highest BCUT2D eigenvalue weighted by atomic mass is 16.2. The van der Waals surface area contributed by atoms with Crippen LogP contribution in [-0.2, 0) is 0 Å². The van der Waals surface area contributed by atoms with E-state index in [1.54, 1.807) is 18.2 Å². The molecule has 76 valence electrons. The van der Waals surface area contributed by atoms with E-state index in [0.29, 0.717) is 11.3 Å². The van der Waals surface area contributed by atoms with Gasteiger partial charge in [-0.05, 0) is 25.0 Å². The summed E-state index contributed by atoms with van der Waals surface area (Å²) in [5.74, 6) is 0.0388. The zero-order valence-corrected chi connectivity index (χ0v) is 8.06. The van der Waals surface area contributed by atoms with Crippen LogP contribution in [0.1, 0.15) is 23.2 Å². The number of ketones is 1. The second-order valence-electron chi connectivity index (χ2n) is 4.05. The van der Waals surface area contributed by atoms with Crippen molar-refractivity contribution in [2.45, 2.75) is 18.4 Å². The molecule has 0 bridgehead atoms. The summed E-state index contributed by atoms with van der Waals surface area (Å²) in [6, 6.07) is 6.60. The number of para-hydroxylation sites is 1. The molecule has 0 radical (unpaired) electrons. The Labute approximate surface area is 86.7 Å². The van der Waals surface area contributed by atoms with Gasteiger partial charge in [0, 0.05) is 5.56 Å². The molecule has 0 unspecified atom stereocenters. The van der Waals surface area contributed by atoms with Gasteiger partial charge in [0.1, 0.15) is 5.54 Å². The first kappa shape index (κ1) is 8.47. The summed E-state index contributed by atoms with van der Waals surface area (Å²) in [6.45, 7) is 0. The highest BCUT2D eigenvalue weighted by molar-refractivity contribution is 6.21. The molecule has 0 aromatic heterocycles. The molecule has 2 aliphatic rings. The van der Waals surface area contributed by atoms with E-state index in [1.807, 2.05) is 6.07 Å². The van der Waals surface area contributed by atoms with Crippen LogP contribution in [0.25, 0.3) is 0 Å². The number of hydrogen-bond donors (Lipinski definition) is 1. The van der Waals surface area contributed by atoms with Crippen LogP contribution in [0.15, 0.2) is 24.3 Å². The van der Waals surface area contributed by atoms with Crippen LogP contribution < -0.4 is 10.6 Å². The molecule has 1 heterocycles. The largest absolute Gasteiger partial charge is 0.351 e. The molecule has 2 amide bonds. The van der Waals surface area contributed by atoms with E-state index in [-0.39, 0.29) is 5.78 Å². The van der Waals surface area contributed by atoms with Crippen molar-refractivity contribution in [2.24, 2.45) is 5.73 Å². The number of anilines is 1. The van der Waals surface area contributed by atoms with Gasteiger partial charge in [-0.2, -0.15) is 0 Å². The Balaban J connectivity index is 2.23. The standard InChI is InChI=1S/C11H10N2O2/c12-10(15)13-8-4-2-1-3-7(8)9(14)11(13)5-6-11/h1-4H,5-6H2,(H2,12,15). The molecule has 1 aliphatic heterocycles. The zero-order chi connectivity index (χ0) is 10.6. The third-order valence-electron chi connectivity index (χ3n) is 3.18. The molecule has 3 rings (SSSR count). The van der Waals surface area contributed by atoms with Crippen molar-refractivity contribution in [3.05, 3.63) is 29.8 Å². The van der Waals surface area contributed by atoms with Crippen LogP contribution in [-0.4, -0.2) is 17.4 Å². The van der Waals surface area contributed by atoms with Crippen LogP contribution in [0.4, 0.5) is 10.5 Å². The van der Waals surface area contributed by atoms with Crippen molar-refractivity contribution < 1.29 is 9.59 Å². The maximum absolute atomic E-state index is 12.0. The molecule has 4 heteroatoms. The SMILES string of the molecule is NC(=O)N1c2ccccc2C(=O)C12CC2. The monoisotopic (exact) mass is 202 g/mol. The van der Waals surface area contributed by atoms with E-state index in [2.05, 4.69) is 0 Å². The predicted octanol–water partition coefficient (Wildman–Crippen LogP) is 1.30. The Morgan fingerprint density at radius 2 is 2.00 bits per heavy atom. The number of benzene rings is 1. The number of urea groups is 1. The Hall–Kier alpha value is -1.84. The number of fused-ring (bicyclic) bond motifs is 1. The molecule has 4 nitrogen and oxygen atoms in total. The second-order valence-corrected chi connectivity index (χ2v) is 4.05. The highest BCUT2D eigenvalue weighted by Crippen LogP contribution is 2.52. The normalized spacial score (nSPS) is 20.5. The average Bonchev–Trinajstić information content (AvgIpc) is 2.94. The molecule has 1 spiro atoms. The highest BCUT2D eigenvalue weighted by Gasteiger charge is 2.61. The van der Waals surface area contributed by atoms with Crippen molar-refractivity contribution in [2.75, 3.05) is 4.90 Å². The number of amides is 2. The molecule has 1 aromatic rings. The molecule has 0 saturated heterocycles. The van der Waals surface area contributed by atoms with Crippen LogP contribution >= 0.6 is 0 Å². The van der Waals surface area contributed by atoms with Crippen LogP contribution in [0, 0.1) is 0 Å². The van der Waals surface area contributed by atoms with Gasteiger partial charge < -0.3 is 5.73 Å². The van der Waals surface area contributed by atoms with Crippen molar-refractivity contribution in [1.29, 1.82) is 0 Å². The number of carbonyl (C=O) groups excluding carboxylic acids is 2. The second kappa shape index (κ2) is 2.39. The molecule has 1 aromatic carbocycles. The number of rotatable bonds is 0. The Kier molecular flexibility index (Phi) is 1.35. The van der Waals surface area contributed by atoms with Crippen molar-refractivity contribution in [3.8, 4) is 0 Å². The van der Waals surface area contributed by atoms with Gasteiger partial charge in [-0.1, -0.05) is 12.1 Å². The molecular formula is C11H10N2O2. The lowest BCUT2D eigenvalue weighted by Gasteiger charge is -2.21. The van der Waals surface area contributed by atoms with Gasteiger partial charge in [-0.25, -0.2) is 4.79 Å². The maximum atomic E-state index is 12.0. The van der Waals surface area contributed by atoms with Gasteiger partial charge >= 0.3 is 6.03 Å². The summed E-state index contributed by atoms with van der Waals surface area (Å²) in [6.07, 6.45) is 1.45. The molecule has 0 atom stereocenters. The summed E-state index contributed by atoms with van der Waals surface area (Å²) in [5.41, 5.74) is 5.97. The summed E-state index contributed by atoms with van der Waals surface area (Å²) in [4.78, 5) is 24.9. The minimum Gasteiger partial charge on any atom is -0.351 e. The lowest BCUT2D eigenvalue weighted by molar-refractivity contribution is 0.0960. The van der Waals surface area contributed by atoms with Gasteiger partial charge in [0.05, 0.1) is 5.69 Å². The van der Waals surface area contributed by atoms with Crippen molar-refractivity contribution in [1.82, 2.24) is 0 Å². The van der Waals surface area contributed by atoms with E-state index in [4.69, 9.17) is 5.73 Å². The fourth-order valence-electron chi connectivity index (χ4n) is 2.34. The average molecular weight is 202 g/mol. The number of nitrogens with zero attached hydrogens (tertiary/aromatic N) is 1. The molecule has 1 fully saturated rings. The molecule has 15 heavy (non-hydrogen) atoms. The van der Waals surface area contributed by atoms with Crippen molar-refractivity contribution >= 4 is 17.5 Å². The first-order chi connectivity index (χ1) is 7.17. The number of nitrogens with two attached hydrogens (primary N) is 1. The maximum Gasteiger partial charge on any atom is 0.320 e. The van der Waals surface area contributed by atoms with E-state index in [1.165, 1.54) is 4.90 Å². The first-order valence-electron chi connectivity index (χ1n) is 4.90. The lowest BCUT2D eigenvalue weighted by Crippen LogP contribution is -2.45. The van der Waals surface area contributed by atoms with Gasteiger partial charge in [-0.3, -0.25) is 9.69 Å². The van der Waals surface area contributed by atoms with Crippen LogP contribution in [0.5, 0.6) is 0 Å². The van der Waals surface area contributed by atoms with Gasteiger partial charge in [0.15, 0.2) is 5.78 Å². The van der Waals surface area contributed by atoms with E-state index >= 15 is 0 Å². The third kappa shape index (κ3) is 0.862. The number of carbonyl (C=O) groups is 2. The molecule has 1 saturated carbocycles. The lowest BCUT2D eigenvalue weighted by atomic mass is 10.1. The zero-order valence-electron chi connectivity index (χ0n) is 8.06. The summed E-state index contributed by atoms with van der Waals surface area (Å²) < 4.78 is 0. The first-order valence-corrected chi connectivity index (χ1v) is 4.90.